The molecule has 0 saturated heterocycles. The highest BCUT2D eigenvalue weighted by Gasteiger charge is 2.23. The smallest absolute Gasteiger partial charge is 0.231 e. The molecule has 0 radical (unpaired) electrons. The Labute approximate surface area is 131 Å². The van der Waals surface area contributed by atoms with E-state index < -0.39 is 5.41 Å². The summed E-state index contributed by atoms with van der Waals surface area (Å²) in [6.45, 7) is 5.51. The van der Waals surface area contributed by atoms with E-state index in [1.54, 1.807) is 19.3 Å². The molecule has 0 bridgehead atoms. The molecule has 0 fully saturated rings. The lowest BCUT2D eigenvalue weighted by Gasteiger charge is -2.23. The summed E-state index contributed by atoms with van der Waals surface area (Å²) in [5.41, 5.74) is 0.773. The quantitative estimate of drug-likeness (QED) is 0.632. The van der Waals surface area contributed by atoms with Crippen LogP contribution in [-0.2, 0) is 4.79 Å². The third-order valence-corrected chi connectivity index (χ3v) is 3.00. The number of carbonyl (C=O) groups is 1. The van der Waals surface area contributed by atoms with Crippen molar-refractivity contribution in [3.63, 3.8) is 0 Å². The maximum absolute atomic E-state index is 12.2. The van der Waals surface area contributed by atoms with Crippen molar-refractivity contribution in [1.29, 1.82) is 10.5 Å². The van der Waals surface area contributed by atoms with Gasteiger partial charge in [0.1, 0.15) is 17.7 Å². The highest BCUT2D eigenvalue weighted by molar-refractivity contribution is 5.85. The van der Waals surface area contributed by atoms with Gasteiger partial charge in [-0.1, -0.05) is 51.1 Å². The molecule has 0 aliphatic carbocycles. The Kier molecular flexibility index (Phi) is 5.66. The number of nitrogens with zero attached hydrogens (tertiary/aromatic N) is 3. The molecule has 22 heavy (non-hydrogen) atoms. The third-order valence-electron chi connectivity index (χ3n) is 3.00. The second kappa shape index (κ2) is 7.24. The van der Waals surface area contributed by atoms with Crippen LogP contribution >= 0.6 is 0 Å². The predicted molar refractivity (Wildman–Crippen MR) is 86.0 cm³/mol. The number of nitriles is 2. The average molecular weight is 293 g/mol. The molecule has 4 heteroatoms. The number of amides is 1. The van der Waals surface area contributed by atoms with Gasteiger partial charge < -0.3 is 4.90 Å². The summed E-state index contributed by atoms with van der Waals surface area (Å²) < 4.78 is 0. The molecular weight excluding hydrogens is 274 g/mol. The molecule has 0 aromatic heterocycles. The van der Waals surface area contributed by atoms with Gasteiger partial charge in [-0.15, -0.1) is 0 Å². The van der Waals surface area contributed by atoms with Crippen LogP contribution < -0.4 is 0 Å². The lowest BCUT2D eigenvalue weighted by atomic mass is 9.95. The number of hydrogen-bond donors (Lipinski definition) is 0. The first-order chi connectivity index (χ1) is 10.3. The molecule has 0 atom stereocenters. The molecule has 1 rings (SSSR count). The fraction of sp³-hybridized carbons (Fsp3) is 0.278. The van der Waals surface area contributed by atoms with E-state index >= 15 is 0 Å². The van der Waals surface area contributed by atoms with Gasteiger partial charge in [0.2, 0.25) is 5.91 Å². The van der Waals surface area contributed by atoms with Crippen LogP contribution in [0.4, 0.5) is 0 Å². The molecule has 0 saturated carbocycles. The summed E-state index contributed by atoms with van der Waals surface area (Å²) in [7, 11) is 1.66. The number of benzene rings is 1. The summed E-state index contributed by atoms with van der Waals surface area (Å²) in [6.07, 6.45) is 3.21. The van der Waals surface area contributed by atoms with E-state index in [0.717, 1.165) is 5.56 Å². The van der Waals surface area contributed by atoms with Crippen molar-refractivity contribution in [2.24, 2.45) is 5.41 Å². The minimum Gasteiger partial charge on any atom is -0.322 e. The van der Waals surface area contributed by atoms with Crippen molar-refractivity contribution in [2.45, 2.75) is 20.8 Å². The summed E-state index contributed by atoms with van der Waals surface area (Å²) >= 11 is 0. The largest absolute Gasteiger partial charge is 0.322 e. The Hall–Kier alpha value is -2.85. The topological polar surface area (TPSA) is 67.9 Å². The summed E-state index contributed by atoms with van der Waals surface area (Å²) in [4.78, 5) is 13.6. The molecule has 4 nitrogen and oxygen atoms in total. The van der Waals surface area contributed by atoms with Crippen LogP contribution in [0, 0.1) is 28.1 Å². The molecule has 1 aromatic rings. The van der Waals surface area contributed by atoms with E-state index in [-0.39, 0.29) is 11.5 Å². The van der Waals surface area contributed by atoms with Crippen molar-refractivity contribution in [2.75, 3.05) is 7.05 Å². The first-order valence-electron chi connectivity index (χ1n) is 6.86. The molecule has 1 amide bonds. The fourth-order valence-corrected chi connectivity index (χ4v) is 1.87. The number of hydrogen-bond acceptors (Lipinski definition) is 3. The van der Waals surface area contributed by atoms with Crippen molar-refractivity contribution in [1.82, 2.24) is 4.90 Å². The van der Waals surface area contributed by atoms with E-state index in [4.69, 9.17) is 10.5 Å². The van der Waals surface area contributed by atoms with Gasteiger partial charge in [-0.2, -0.15) is 10.5 Å². The highest BCUT2D eigenvalue weighted by Crippen LogP contribution is 2.21. The Morgan fingerprint density at radius 1 is 1.14 bits per heavy atom. The Balaban J connectivity index is 3.21. The molecule has 112 valence electrons. The van der Waals surface area contributed by atoms with Crippen molar-refractivity contribution < 1.29 is 4.79 Å². The van der Waals surface area contributed by atoms with Crippen molar-refractivity contribution >= 4 is 11.5 Å². The SMILES string of the molecule is CN(/C=C/C(=C(C#N)C#N)c1ccccc1)C(=O)C(C)(C)C. The van der Waals surface area contributed by atoms with Crippen LogP contribution in [0.1, 0.15) is 26.3 Å². The summed E-state index contributed by atoms with van der Waals surface area (Å²) in [5.74, 6) is -0.0494. The standard InChI is InChI=1S/C18H19N3O/c1-18(2,3)17(22)21(4)11-10-16(15(12-19)13-20)14-8-6-5-7-9-14/h5-11H,1-4H3/b11-10+. The monoisotopic (exact) mass is 293 g/mol. The van der Waals surface area contributed by atoms with E-state index in [9.17, 15) is 4.79 Å². The fourth-order valence-electron chi connectivity index (χ4n) is 1.87. The van der Waals surface area contributed by atoms with Gasteiger partial charge in [-0.05, 0) is 11.6 Å². The normalized spacial score (nSPS) is 10.6. The lowest BCUT2D eigenvalue weighted by molar-refractivity contribution is -0.135. The average Bonchev–Trinajstić information content (AvgIpc) is 2.50. The third kappa shape index (κ3) is 4.33. The first kappa shape index (κ1) is 17.2. The molecule has 0 heterocycles. The minimum absolute atomic E-state index is 0.0130. The van der Waals surface area contributed by atoms with Crippen LogP contribution in [0.3, 0.4) is 0 Å². The molecule has 0 N–H and O–H groups in total. The number of carbonyl (C=O) groups excluding carboxylic acids is 1. The second-order valence-electron chi connectivity index (χ2n) is 5.86. The van der Waals surface area contributed by atoms with Crippen LogP contribution in [0.2, 0.25) is 0 Å². The van der Waals surface area contributed by atoms with Gasteiger partial charge in [0.05, 0.1) is 0 Å². The highest BCUT2D eigenvalue weighted by atomic mass is 16.2. The van der Waals surface area contributed by atoms with Gasteiger partial charge in [0, 0.05) is 24.2 Å². The maximum Gasteiger partial charge on any atom is 0.231 e. The van der Waals surface area contributed by atoms with Gasteiger partial charge in [0.25, 0.3) is 0 Å². The number of allylic oxidation sites excluding steroid dienone is 3. The molecule has 1 aromatic carbocycles. The van der Waals surface area contributed by atoms with E-state index in [2.05, 4.69) is 0 Å². The van der Waals surface area contributed by atoms with Crippen LogP contribution in [0.15, 0.2) is 48.2 Å². The maximum atomic E-state index is 12.2. The Bertz CT molecular complexity index is 664. The van der Waals surface area contributed by atoms with E-state index in [1.165, 1.54) is 4.90 Å². The molecular formula is C18H19N3O. The van der Waals surface area contributed by atoms with Gasteiger partial charge in [0.15, 0.2) is 0 Å². The first-order valence-corrected chi connectivity index (χ1v) is 6.86. The lowest BCUT2D eigenvalue weighted by Crippen LogP contribution is -2.33. The number of rotatable bonds is 3. The zero-order valence-electron chi connectivity index (χ0n) is 13.3. The molecule has 0 spiro atoms. The zero-order chi connectivity index (χ0) is 16.8. The summed E-state index contributed by atoms with van der Waals surface area (Å²) in [6, 6.07) is 13.0. The van der Waals surface area contributed by atoms with Crippen LogP contribution in [0.25, 0.3) is 5.57 Å². The Morgan fingerprint density at radius 2 is 1.68 bits per heavy atom. The minimum atomic E-state index is -0.497. The Morgan fingerprint density at radius 3 is 2.14 bits per heavy atom. The molecule has 0 unspecified atom stereocenters. The predicted octanol–water partition coefficient (Wildman–Crippen LogP) is 3.51. The van der Waals surface area contributed by atoms with Crippen molar-refractivity contribution in [3.05, 3.63) is 53.7 Å². The van der Waals surface area contributed by atoms with E-state index in [1.807, 2.05) is 63.2 Å². The van der Waals surface area contributed by atoms with Crippen molar-refractivity contribution in [3.8, 4) is 12.1 Å². The zero-order valence-corrected chi connectivity index (χ0v) is 13.3. The molecule has 0 aliphatic rings. The second-order valence-corrected chi connectivity index (χ2v) is 5.86. The summed E-state index contributed by atoms with van der Waals surface area (Å²) in [5, 5.41) is 18.2. The molecule has 0 aliphatic heterocycles. The van der Waals surface area contributed by atoms with Gasteiger partial charge in [-0.25, -0.2) is 0 Å². The van der Waals surface area contributed by atoms with E-state index in [0.29, 0.717) is 5.57 Å². The van der Waals surface area contributed by atoms with Crippen LogP contribution in [-0.4, -0.2) is 17.9 Å². The van der Waals surface area contributed by atoms with Gasteiger partial charge >= 0.3 is 0 Å². The van der Waals surface area contributed by atoms with Crippen LogP contribution in [0.5, 0.6) is 0 Å². The van der Waals surface area contributed by atoms with Gasteiger partial charge in [-0.3, -0.25) is 4.79 Å².